The van der Waals surface area contributed by atoms with Crippen LogP contribution in [0, 0.1) is 5.82 Å². The second-order valence-corrected chi connectivity index (χ2v) is 6.76. The summed E-state index contributed by atoms with van der Waals surface area (Å²) in [6, 6.07) is 4.24. The van der Waals surface area contributed by atoms with Gasteiger partial charge in [-0.3, -0.25) is 4.79 Å². The Morgan fingerprint density at radius 1 is 1.43 bits per heavy atom. The zero-order chi connectivity index (χ0) is 19.7. The van der Waals surface area contributed by atoms with Gasteiger partial charge < -0.3 is 21.1 Å². The molecule has 3 heterocycles. The first-order chi connectivity index (χ1) is 13.5. The van der Waals surface area contributed by atoms with E-state index >= 15 is 0 Å². The van der Waals surface area contributed by atoms with Gasteiger partial charge in [0.15, 0.2) is 5.65 Å². The summed E-state index contributed by atoms with van der Waals surface area (Å²) in [6.45, 7) is 1.49. The maximum Gasteiger partial charge on any atom is 0.256 e. The van der Waals surface area contributed by atoms with Gasteiger partial charge in [0.2, 0.25) is 0 Å². The number of amides is 1. The fourth-order valence-corrected chi connectivity index (χ4v) is 3.41. The standard InChI is InChI=1S/C18H18ClFN6O2/c19-15-13-1-2-22-16(13)26-17(25-15)14(8-24-26)18(27)23-3-4-28-9-10-5-11(20)7-12(21)6-10/h5-8,22H,1-4,9,21H2,(H,23,27). The van der Waals surface area contributed by atoms with Crippen LogP contribution in [0.25, 0.3) is 5.65 Å². The van der Waals surface area contributed by atoms with Gasteiger partial charge in [-0.05, 0) is 30.2 Å². The highest BCUT2D eigenvalue weighted by Crippen LogP contribution is 2.29. The SMILES string of the molecule is Nc1cc(F)cc(COCCNC(=O)c2cnn3c4c(c(Cl)nc23)CCN4)c1. The molecule has 0 radical (unpaired) electrons. The molecule has 1 amide bonds. The number of halogens is 2. The summed E-state index contributed by atoms with van der Waals surface area (Å²) in [5, 5.41) is 10.6. The lowest BCUT2D eigenvalue weighted by Gasteiger charge is -2.08. The number of hydrogen-bond acceptors (Lipinski definition) is 6. The molecule has 1 aliphatic rings. The maximum absolute atomic E-state index is 13.3. The van der Waals surface area contributed by atoms with Crippen LogP contribution in [0.2, 0.25) is 5.15 Å². The number of carbonyl (C=O) groups excluding carboxylic acids is 1. The Labute approximate surface area is 164 Å². The number of nitrogens with two attached hydrogens (primary N) is 1. The average Bonchev–Trinajstić information content (AvgIpc) is 3.27. The maximum atomic E-state index is 13.3. The van der Waals surface area contributed by atoms with Crippen LogP contribution in [0.1, 0.15) is 21.5 Å². The number of nitrogens with zero attached hydrogens (tertiary/aromatic N) is 3. The molecule has 0 aliphatic carbocycles. The molecule has 8 nitrogen and oxygen atoms in total. The Morgan fingerprint density at radius 3 is 3.11 bits per heavy atom. The van der Waals surface area contributed by atoms with Gasteiger partial charge in [0.25, 0.3) is 5.91 Å². The first-order valence-corrected chi connectivity index (χ1v) is 9.11. The van der Waals surface area contributed by atoms with E-state index in [1.165, 1.54) is 18.3 Å². The molecular formula is C18H18ClFN6O2. The van der Waals surface area contributed by atoms with Crippen molar-refractivity contribution in [2.75, 3.05) is 30.7 Å². The van der Waals surface area contributed by atoms with Crippen LogP contribution in [0.15, 0.2) is 24.4 Å². The quantitative estimate of drug-likeness (QED) is 0.329. The second kappa shape index (κ2) is 7.61. The number of ether oxygens (including phenoxy) is 1. The normalized spacial score (nSPS) is 12.8. The molecule has 0 unspecified atom stereocenters. The van der Waals surface area contributed by atoms with E-state index in [9.17, 15) is 9.18 Å². The van der Waals surface area contributed by atoms with Crippen molar-refractivity contribution in [3.05, 3.63) is 52.1 Å². The molecule has 1 aliphatic heterocycles. The molecule has 2 aromatic heterocycles. The molecule has 0 saturated heterocycles. The summed E-state index contributed by atoms with van der Waals surface area (Å²) < 4.78 is 20.3. The van der Waals surface area contributed by atoms with Crippen molar-refractivity contribution in [2.45, 2.75) is 13.0 Å². The van der Waals surface area contributed by atoms with Crippen LogP contribution in [-0.4, -0.2) is 40.2 Å². The van der Waals surface area contributed by atoms with Crippen molar-refractivity contribution in [1.29, 1.82) is 0 Å². The van der Waals surface area contributed by atoms with E-state index in [0.29, 0.717) is 27.6 Å². The highest BCUT2D eigenvalue weighted by atomic mass is 35.5. The van der Waals surface area contributed by atoms with Crippen molar-refractivity contribution in [1.82, 2.24) is 19.9 Å². The van der Waals surface area contributed by atoms with Crippen LogP contribution < -0.4 is 16.4 Å². The lowest BCUT2D eigenvalue weighted by atomic mass is 10.2. The van der Waals surface area contributed by atoms with E-state index < -0.39 is 5.82 Å². The molecule has 4 N–H and O–H groups in total. The number of hydrogen-bond donors (Lipinski definition) is 3. The second-order valence-electron chi connectivity index (χ2n) is 6.40. The molecule has 10 heteroatoms. The van der Waals surface area contributed by atoms with Crippen molar-refractivity contribution in [2.24, 2.45) is 0 Å². The van der Waals surface area contributed by atoms with Gasteiger partial charge in [-0.1, -0.05) is 11.6 Å². The van der Waals surface area contributed by atoms with Gasteiger partial charge in [-0.2, -0.15) is 9.61 Å². The predicted molar refractivity (Wildman–Crippen MR) is 103 cm³/mol. The molecular weight excluding hydrogens is 387 g/mol. The third-order valence-electron chi connectivity index (χ3n) is 4.39. The molecule has 1 aromatic carbocycles. The first kappa shape index (κ1) is 18.5. The smallest absolute Gasteiger partial charge is 0.256 e. The Bertz CT molecular complexity index is 1030. The predicted octanol–water partition coefficient (Wildman–Crippen LogP) is 2.02. The number of nitrogen functional groups attached to an aromatic ring is 1. The molecule has 0 spiro atoms. The Balaban J connectivity index is 1.35. The van der Waals surface area contributed by atoms with Gasteiger partial charge in [0.05, 0.1) is 19.4 Å². The van der Waals surface area contributed by atoms with Crippen molar-refractivity contribution in [3.8, 4) is 0 Å². The van der Waals surface area contributed by atoms with Crippen molar-refractivity contribution in [3.63, 3.8) is 0 Å². The Hall–Kier alpha value is -2.91. The zero-order valence-corrected chi connectivity index (χ0v) is 15.6. The molecule has 146 valence electrons. The van der Waals surface area contributed by atoms with Gasteiger partial charge in [0, 0.05) is 24.3 Å². The molecule has 0 bridgehead atoms. The molecule has 4 rings (SSSR count). The minimum absolute atomic E-state index is 0.198. The van der Waals surface area contributed by atoms with E-state index in [1.807, 2.05) is 0 Å². The summed E-state index contributed by atoms with van der Waals surface area (Å²) in [4.78, 5) is 16.8. The fourth-order valence-electron chi connectivity index (χ4n) is 3.15. The van der Waals surface area contributed by atoms with Crippen LogP contribution >= 0.6 is 11.6 Å². The van der Waals surface area contributed by atoms with Gasteiger partial charge >= 0.3 is 0 Å². The van der Waals surface area contributed by atoms with Crippen LogP contribution in [-0.2, 0) is 17.8 Å². The summed E-state index contributed by atoms with van der Waals surface area (Å²) in [5.74, 6) is 0.0361. The van der Waals surface area contributed by atoms with Crippen LogP contribution in [0.5, 0.6) is 0 Å². The van der Waals surface area contributed by atoms with E-state index in [1.54, 1.807) is 10.6 Å². The zero-order valence-electron chi connectivity index (χ0n) is 14.8. The molecule has 0 saturated carbocycles. The lowest BCUT2D eigenvalue weighted by Crippen LogP contribution is -2.27. The minimum atomic E-state index is -0.410. The summed E-state index contributed by atoms with van der Waals surface area (Å²) in [6.07, 6.45) is 2.23. The van der Waals surface area contributed by atoms with E-state index in [-0.39, 0.29) is 25.7 Å². The van der Waals surface area contributed by atoms with Crippen molar-refractivity contribution < 1.29 is 13.9 Å². The number of rotatable bonds is 6. The van der Waals surface area contributed by atoms with E-state index in [0.717, 1.165) is 24.3 Å². The van der Waals surface area contributed by atoms with E-state index in [4.69, 9.17) is 22.1 Å². The Kier molecular flexibility index (Phi) is 5.01. The largest absolute Gasteiger partial charge is 0.399 e. The summed E-state index contributed by atoms with van der Waals surface area (Å²) >= 11 is 6.23. The summed E-state index contributed by atoms with van der Waals surface area (Å²) in [5.41, 5.74) is 8.19. The third-order valence-corrected chi connectivity index (χ3v) is 4.70. The molecule has 0 atom stereocenters. The number of fused-ring (bicyclic) bond motifs is 3. The monoisotopic (exact) mass is 404 g/mol. The van der Waals surface area contributed by atoms with Crippen LogP contribution in [0.4, 0.5) is 15.9 Å². The van der Waals surface area contributed by atoms with Crippen molar-refractivity contribution >= 4 is 34.7 Å². The number of carbonyl (C=O) groups is 1. The summed E-state index contributed by atoms with van der Waals surface area (Å²) in [7, 11) is 0. The molecule has 28 heavy (non-hydrogen) atoms. The first-order valence-electron chi connectivity index (χ1n) is 8.74. The van der Waals surface area contributed by atoms with Gasteiger partial charge in [0.1, 0.15) is 22.4 Å². The average molecular weight is 405 g/mol. The van der Waals surface area contributed by atoms with Gasteiger partial charge in [-0.15, -0.1) is 0 Å². The fraction of sp³-hybridized carbons (Fsp3) is 0.278. The van der Waals surface area contributed by atoms with Crippen LogP contribution in [0.3, 0.4) is 0 Å². The topological polar surface area (TPSA) is 107 Å². The number of benzene rings is 1. The number of nitrogens with one attached hydrogen (secondary N) is 2. The molecule has 0 fully saturated rings. The molecule has 3 aromatic rings. The Morgan fingerprint density at radius 2 is 2.29 bits per heavy atom. The van der Waals surface area contributed by atoms with Gasteiger partial charge in [-0.25, -0.2) is 9.37 Å². The highest BCUT2D eigenvalue weighted by Gasteiger charge is 2.23. The third kappa shape index (κ3) is 3.58. The van der Waals surface area contributed by atoms with E-state index in [2.05, 4.69) is 20.7 Å². The number of aromatic nitrogens is 3. The minimum Gasteiger partial charge on any atom is -0.399 e. The highest BCUT2D eigenvalue weighted by molar-refractivity contribution is 6.30. The number of anilines is 2. The lowest BCUT2D eigenvalue weighted by molar-refractivity contribution is 0.0902.